The average molecular weight is 347 g/mol. The molecule has 140 valence electrons. The second-order valence-corrected chi connectivity index (χ2v) is 8.85. The molecule has 0 spiro atoms. The van der Waals surface area contributed by atoms with Gasteiger partial charge in [-0.25, -0.2) is 0 Å². The van der Waals surface area contributed by atoms with E-state index in [1.807, 2.05) is 6.20 Å². The van der Waals surface area contributed by atoms with Crippen LogP contribution in [-0.2, 0) is 16.8 Å². The highest BCUT2D eigenvalue weighted by Crippen LogP contribution is 2.32. The fraction of sp³-hybridized carbons (Fsp3) is 0.800. The molecule has 1 heterocycles. The molecule has 0 aliphatic heterocycles. The van der Waals surface area contributed by atoms with Crippen molar-refractivity contribution in [1.82, 2.24) is 20.0 Å². The fourth-order valence-corrected chi connectivity index (χ4v) is 4.40. The first kappa shape index (κ1) is 18.4. The van der Waals surface area contributed by atoms with Crippen molar-refractivity contribution in [3.63, 3.8) is 0 Å². The van der Waals surface area contributed by atoms with Crippen molar-refractivity contribution in [1.29, 1.82) is 0 Å². The Kier molecular flexibility index (Phi) is 5.52. The maximum Gasteiger partial charge on any atom is 0.234 e. The van der Waals surface area contributed by atoms with Gasteiger partial charge in [0, 0.05) is 17.3 Å². The standard InChI is InChI=1S/C20H34N4O/c1-20(2,3)24-18-12-8-11-17(16(18)13-21-24)22-19(25)14-23(4)15-9-6-5-7-10-15/h13,15,17H,5-12,14H2,1-4H3,(H,22,25)/t17-/m1/s1. The van der Waals surface area contributed by atoms with Gasteiger partial charge in [0.05, 0.1) is 24.3 Å². The Morgan fingerprint density at radius 1 is 1.24 bits per heavy atom. The molecule has 0 radical (unpaired) electrons. The van der Waals surface area contributed by atoms with Crippen molar-refractivity contribution in [2.75, 3.05) is 13.6 Å². The first-order chi connectivity index (χ1) is 11.9. The maximum absolute atomic E-state index is 12.6. The Hall–Kier alpha value is -1.36. The van der Waals surface area contributed by atoms with Crippen molar-refractivity contribution < 1.29 is 4.79 Å². The third-order valence-corrected chi connectivity index (χ3v) is 5.74. The Balaban J connectivity index is 1.62. The summed E-state index contributed by atoms with van der Waals surface area (Å²) in [6.45, 7) is 7.05. The molecule has 2 aliphatic carbocycles. The van der Waals surface area contributed by atoms with Gasteiger partial charge in [0.1, 0.15) is 0 Å². The first-order valence-corrected chi connectivity index (χ1v) is 9.93. The van der Waals surface area contributed by atoms with E-state index in [0.717, 1.165) is 19.3 Å². The number of nitrogens with zero attached hydrogens (tertiary/aromatic N) is 3. The molecule has 0 aromatic carbocycles. The van der Waals surface area contributed by atoms with Gasteiger partial charge in [-0.05, 0) is 59.9 Å². The Morgan fingerprint density at radius 3 is 2.64 bits per heavy atom. The second-order valence-electron chi connectivity index (χ2n) is 8.85. The molecule has 1 fully saturated rings. The molecule has 1 atom stereocenters. The molecule has 2 aliphatic rings. The van der Waals surface area contributed by atoms with Crippen LogP contribution in [-0.4, -0.2) is 40.2 Å². The van der Waals surface area contributed by atoms with Crippen molar-refractivity contribution in [3.05, 3.63) is 17.5 Å². The molecule has 1 N–H and O–H groups in total. The van der Waals surface area contributed by atoms with Gasteiger partial charge >= 0.3 is 0 Å². The van der Waals surface area contributed by atoms with Crippen LogP contribution in [0, 0.1) is 0 Å². The quantitative estimate of drug-likeness (QED) is 0.909. The van der Waals surface area contributed by atoms with E-state index in [0.29, 0.717) is 12.6 Å². The van der Waals surface area contributed by atoms with Crippen LogP contribution in [0.3, 0.4) is 0 Å². The van der Waals surface area contributed by atoms with E-state index >= 15 is 0 Å². The number of nitrogens with one attached hydrogen (secondary N) is 1. The zero-order valence-electron chi connectivity index (χ0n) is 16.3. The topological polar surface area (TPSA) is 50.2 Å². The molecule has 0 bridgehead atoms. The molecule has 25 heavy (non-hydrogen) atoms. The number of fused-ring (bicyclic) bond motifs is 1. The molecule has 0 unspecified atom stereocenters. The Labute approximate surface area is 152 Å². The third-order valence-electron chi connectivity index (χ3n) is 5.74. The maximum atomic E-state index is 12.6. The largest absolute Gasteiger partial charge is 0.348 e. The minimum absolute atomic E-state index is 0.0132. The van der Waals surface area contributed by atoms with E-state index < -0.39 is 0 Å². The van der Waals surface area contributed by atoms with Gasteiger partial charge in [0.15, 0.2) is 0 Å². The highest BCUT2D eigenvalue weighted by atomic mass is 16.2. The van der Waals surface area contributed by atoms with Gasteiger partial charge < -0.3 is 5.32 Å². The number of carbonyl (C=O) groups excluding carboxylic acids is 1. The molecule has 0 saturated heterocycles. The second kappa shape index (κ2) is 7.48. The van der Waals surface area contributed by atoms with E-state index in [4.69, 9.17) is 0 Å². The zero-order valence-corrected chi connectivity index (χ0v) is 16.3. The van der Waals surface area contributed by atoms with E-state index in [9.17, 15) is 4.79 Å². The van der Waals surface area contributed by atoms with Gasteiger partial charge in [-0.1, -0.05) is 19.3 Å². The number of carbonyl (C=O) groups is 1. The molecular formula is C20H34N4O. The summed E-state index contributed by atoms with van der Waals surface area (Å²) in [4.78, 5) is 14.8. The van der Waals surface area contributed by atoms with Gasteiger partial charge in [-0.15, -0.1) is 0 Å². The molecule has 5 nitrogen and oxygen atoms in total. The molecule has 1 saturated carbocycles. The van der Waals surface area contributed by atoms with Crippen LogP contribution in [0.4, 0.5) is 0 Å². The summed E-state index contributed by atoms with van der Waals surface area (Å²) >= 11 is 0. The summed E-state index contributed by atoms with van der Waals surface area (Å²) in [6, 6.07) is 0.692. The lowest BCUT2D eigenvalue weighted by Crippen LogP contribution is -2.43. The smallest absolute Gasteiger partial charge is 0.234 e. The average Bonchev–Trinajstić information content (AvgIpc) is 3.01. The minimum Gasteiger partial charge on any atom is -0.348 e. The summed E-state index contributed by atoms with van der Waals surface area (Å²) in [6.07, 6.45) is 11.6. The van der Waals surface area contributed by atoms with Gasteiger partial charge in [-0.3, -0.25) is 14.4 Å². The van der Waals surface area contributed by atoms with E-state index in [-0.39, 0.29) is 17.5 Å². The summed E-state index contributed by atoms with van der Waals surface area (Å²) < 4.78 is 2.13. The van der Waals surface area contributed by atoms with Crippen molar-refractivity contribution in [2.24, 2.45) is 0 Å². The van der Waals surface area contributed by atoms with Crippen molar-refractivity contribution in [2.45, 2.75) is 89.8 Å². The highest BCUT2D eigenvalue weighted by molar-refractivity contribution is 5.78. The zero-order chi connectivity index (χ0) is 18.0. The predicted molar refractivity (Wildman–Crippen MR) is 101 cm³/mol. The van der Waals surface area contributed by atoms with Crippen LogP contribution in [0.5, 0.6) is 0 Å². The van der Waals surface area contributed by atoms with E-state index in [2.05, 4.69) is 47.8 Å². The predicted octanol–water partition coefficient (Wildman–Crippen LogP) is 3.40. The summed E-state index contributed by atoms with van der Waals surface area (Å²) in [5, 5.41) is 7.89. The monoisotopic (exact) mass is 346 g/mol. The Bertz CT molecular complexity index is 595. The van der Waals surface area contributed by atoms with Crippen LogP contribution in [0.1, 0.15) is 83.0 Å². The van der Waals surface area contributed by atoms with Gasteiger partial charge in [0.2, 0.25) is 5.91 Å². The number of aromatic nitrogens is 2. The van der Waals surface area contributed by atoms with Crippen molar-refractivity contribution in [3.8, 4) is 0 Å². The molecule has 1 amide bonds. The van der Waals surface area contributed by atoms with Crippen molar-refractivity contribution >= 4 is 5.91 Å². The lowest BCUT2D eigenvalue weighted by molar-refractivity contribution is -0.123. The van der Waals surface area contributed by atoms with Gasteiger partial charge in [-0.2, -0.15) is 5.10 Å². The Morgan fingerprint density at radius 2 is 1.96 bits per heavy atom. The summed E-state index contributed by atoms with van der Waals surface area (Å²) in [7, 11) is 2.10. The number of hydrogen-bond donors (Lipinski definition) is 1. The lowest BCUT2D eigenvalue weighted by atomic mass is 9.92. The van der Waals surface area contributed by atoms with Crippen LogP contribution in [0.2, 0.25) is 0 Å². The molecule has 1 aromatic rings. The summed E-state index contributed by atoms with van der Waals surface area (Å²) in [5.41, 5.74) is 2.50. The highest BCUT2D eigenvalue weighted by Gasteiger charge is 2.29. The van der Waals surface area contributed by atoms with Crippen LogP contribution >= 0.6 is 0 Å². The van der Waals surface area contributed by atoms with E-state index in [1.165, 1.54) is 43.4 Å². The lowest BCUT2D eigenvalue weighted by Gasteiger charge is -2.32. The normalized spacial score (nSPS) is 22.0. The minimum atomic E-state index is -0.0132. The van der Waals surface area contributed by atoms with Crippen LogP contribution in [0.15, 0.2) is 6.20 Å². The number of likely N-dealkylation sites (N-methyl/N-ethyl adjacent to an activating group) is 1. The molecule has 1 aromatic heterocycles. The molecular weight excluding hydrogens is 312 g/mol. The van der Waals surface area contributed by atoms with Gasteiger partial charge in [0.25, 0.3) is 0 Å². The molecule has 5 heteroatoms. The number of hydrogen-bond acceptors (Lipinski definition) is 3. The third kappa shape index (κ3) is 4.25. The number of rotatable bonds is 4. The first-order valence-electron chi connectivity index (χ1n) is 9.93. The number of amides is 1. The molecule has 3 rings (SSSR count). The van der Waals surface area contributed by atoms with Crippen LogP contribution in [0.25, 0.3) is 0 Å². The SMILES string of the molecule is CN(CC(=O)N[C@@H]1CCCc2c1cnn2C(C)(C)C)C1CCCCC1. The summed E-state index contributed by atoms with van der Waals surface area (Å²) in [5.74, 6) is 0.148. The van der Waals surface area contributed by atoms with E-state index in [1.54, 1.807) is 0 Å². The van der Waals surface area contributed by atoms with Crippen LogP contribution < -0.4 is 5.32 Å². The fourth-order valence-electron chi connectivity index (χ4n) is 4.40.